The predicted octanol–water partition coefficient (Wildman–Crippen LogP) is 2.44. The second-order valence-corrected chi connectivity index (χ2v) is 3.39. The van der Waals surface area contributed by atoms with Gasteiger partial charge in [-0.2, -0.15) is 0 Å². The van der Waals surface area contributed by atoms with Crippen LogP contribution in [-0.2, 0) is 4.79 Å². The highest BCUT2D eigenvalue weighted by Gasteiger charge is 2.08. The van der Waals surface area contributed by atoms with E-state index in [1.807, 2.05) is 37.3 Å². The Kier molecular flexibility index (Phi) is 3.46. The van der Waals surface area contributed by atoms with Crippen molar-refractivity contribution < 1.29 is 4.79 Å². The number of hydrogen-bond donors (Lipinski definition) is 1. The molecule has 0 bridgehead atoms. The van der Waals surface area contributed by atoms with Crippen LogP contribution in [0.15, 0.2) is 42.5 Å². The standard InChI is InChI=1S/C12H15NO/c1-9(2)12(14)13-10(3)11-7-5-4-6-8-11/h4-8,10H,1H2,2-3H3,(H,13,14). The lowest BCUT2D eigenvalue weighted by atomic mass is 10.1. The second kappa shape index (κ2) is 4.61. The van der Waals surface area contributed by atoms with Crippen LogP contribution in [0.4, 0.5) is 0 Å². The summed E-state index contributed by atoms with van der Waals surface area (Å²) < 4.78 is 0. The smallest absolute Gasteiger partial charge is 0.246 e. The molecule has 2 heteroatoms. The molecule has 0 aliphatic carbocycles. The van der Waals surface area contributed by atoms with E-state index in [-0.39, 0.29) is 11.9 Å². The minimum absolute atomic E-state index is 0.0281. The third-order valence-electron chi connectivity index (χ3n) is 2.03. The van der Waals surface area contributed by atoms with Crippen LogP contribution in [0.25, 0.3) is 0 Å². The van der Waals surface area contributed by atoms with E-state index in [2.05, 4.69) is 11.9 Å². The average molecular weight is 189 g/mol. The third-order valence-corrected chi connectivity index (χ3v) is 2.03. The Morgan fingerprint density at radius 3 is 2.43 bits per heavy atom. The molecule has 2 nitrogen and oxygen atoms in total. The van der Waals surface area contributed by atoms with Gasteiger partial charge < -0.3 is 5.32 Å². The molecule has 1 aromatic carbocycles. The van der Waals surface area contributed by atoms with Gasteiger partial charge in [-0.15, -0.1) is 0 Å². The van der Waals surface area contributed by atoms with Gasteiger partial charge in [0.05, 0.1) is 6.04 Å². The normalized spacial score (nSPS) is 11.9. The maximum Gasteiger partial charge on any atom is 0.246 e. The summed E-state index contributed by atoms with van der Waals surface area (Å²) in [5.74, 6) is -0.0960. The molecule has 0 aliphatic heterocycles. The molecule has 1 aromatic rings. The summed E-state index contributed by atoms with van der Waals surface area (Å²) in [6, 6.07) is 9.88. The molecule has 0 saturated carbocycles. The number of amides is 1. The molecule has 0 saturated heterocycles. The van der Waals surface area contributed by atoms with Gasteiger partial charge in [0.15, 0.2) is 0 Å². The van der Waals surface area contributed by atoms with Gasteiger partial charge in [-0.3, -0.25) is 4.79 Å². The number of hydrogen-bond acceptors (Lipinski definition) is 1. The van der Waals surface area contributed by atoms with E-state index < -0.39 is 0 Å². The van der Waals surface area contributed by atoms with Gasteiger partial charge in [-0.05, 0) is 19.4 Å². The molecule has 0 fully saturated rings. The minimum Gasteiger partial charge on any atom is -0.346 e. The Labute approximate surface area is 84.6 Å². The summed E-state index contributed by atoms with van der Waals surface area (Å²) in [6.07, 6.45) is 0. The van der Waals surface area contributed by atoms with Crippen LogP contribution in [0.3, 0.4) is 0 Å². The first kappa shape index (κ1) is 10.5. The van der Waals surface area contributed by atoms with Gasteiger partial charge in [0.1, 0.15) is 0 Å². The van der Waals surface area contributed by atoms with E-state index in [9.17, 15) is 4.79 Å². The highest BCUT2D eigenvalue weighted by molar-refractivity contribution is 5.92. The van der Waals surface area contributed by atoms with Crippen molar-refractivity contribution in [3.05, 3.63) is 48.0 Å². The van der Waals surface area contributed by atoms with Crippen molar-refractivity contribution in [1.29, 1.82) is 0 Å². The molecular weight excluding hydrogens is 174 g/mol. The molecule has 74 valence electrons. The third kappa shape index (κ3) is 2.73. The topological polar surface area (TPSA) is 29.1 Å². The lowest BCUT2D eigenvalue weighted by molar-refractivity contribution is -0.118. The maximum atomic E-state index is 11.3. The first-order chi connectivity index (χ1) is 6.61. The number of nitrogens with one attached hydrogen (secondary N) is 1. The van der Waals surface area contributed by atoms with Crippen molar-refractivity contribution in [1.82, 2.24) is 5.32 Å². The van der Waals surface area contributed by atoms with Crippen molar-refractivity contribution in [2.45, 2.75) is 19.9 Å². The monoisotopic (exact) mass is 189 g/mol. The fourth-order valence-corrected chi connectivity index (χ4v) is 1.14. The molecule has 1 rings (SSSR count). The molecule has 0 aromatic heterocycles. The summed E-state index contributed by atoms with van der Waals surface area (Å²) in [5, 5.41) is 2.86. The molecule has 1 amide bonds. The van der Waals surface area contributed by atoms with E-state index in [1.165, 1.54) is 0 Å². The van der Waals surface area contributed by atoms with Gasteiger partial charge in [0.2, 0.25) is 5.91 Å². The lowest BCUT2D eigenvalue weighted by Crippen LogP contribution is -2.26. The second-order valence-electron chi connectivity index (χ2n) is 3.39. The van der Waals surface area contributed by atoms with Gasteiger partial charge >= 0.3 is 0 Å². The Morgan fingerprint density at radius 2 is 1.93 bits per heavy atom. The van der Waals surface area contributed by atoms with Gasteiger partial charge in [0, 0.05) is 5.57 Å². The molecule has 1 N–H and O–H groups in total. The summed E-state index contributed by atoms with van der Waals surface area (Å²) in [5.41, 5.74) is 1.63. The molecular formula is C12H15NO. The molecule has 0 aliphatic rings. The van der Waals surface area contributed by atoms with E-state index >= 15 is 0 Å². The van der Waals surface area contributed by atoms with Gasteiger partial charge in [-0.1, -0.05) is 36.9 Å². The summed E-state index contributed by atoms with van der Waals surface area (Å²) >= 11 is 0. The zero-order valence-electron chi connectivity index (χ0n) is 8.58. The first-order valence-electron chi connectivity index (χ1n) is 4.62. The maximum absolute atomic E-state index is 11.3. The van der Waals surface area contributed by atoms with Crippen molar-refractivity contribution >= 4 is 5.91 Å². The largest absolute Gasteiger partial charge is 0.346 e. The van der Waals surface area contributed by atoms with Crippen LogP contribution in [-0.4, -0.2) is 5.91 Å². The molecule has 0 heterocycles. The molecule has 0 spiro atoms. The average Bonchev–Trinajstić information content (AvgIpc) is 2.19. The van der Waals surface area contributed by atoms with E-state index in [0.29, 0.717) is 5.57 Å². The fourth-order valence-electron chi connectivity index (χ4n) is 1.14. The number of carbonyl (C=O) groups excluding carboxylic acids is 1. The van der Waals surface area contributed by atoms with E-state index in [4.69, 9.17) is 0 Å². The van der Waals surface area contributed by atoms with E-state index in [0.717, 1.165) is 5.56 Å². The fraction of sp³-hybridized carbons (Fsp3) is 0.250. The molecule has 1 atom stereocenters. The van der Waals surface area contributed by atoms with Crippen molar-refractivity contribution in [2.24, 2.45) is 0 Å². The quantitative estimate of drug-likeness (QED) is 0.727. The molecule has 14 heavy (non-hydrogen) atoms. The van der Waals surface area contributed by atoms with E-state index in [1.54, 1.807) is 6.92 Å². The summed E-state index contributed by atoms with van der Waals surface area (Å²) in [7, 11) is 0. The van der Waals surface area contributed by atoms with Crippen LogP contribution >= 0.6 is 0 Å². The van der Waals surface area contributed by atoms with Crippen molar-refractivity contribution in [3.8, 4) is 0 Å². The van der Waals surface area contributed by atoms with Crippen LogP contribution in [0.5, 0.6) is 0 Å². The number of benzene rings is 1. The van der Waals surface area contributed by atoms with Gasteiger partial charge in [0.25, 0.3) is 0 Å². The Balaban J connectivity index is 2.64. The Morgan fingerprint density at radius 1 is 1.36 bits per heavy atom. The van der Waals surface area contributed by atoms with Crippen LogP contribution in [0.1, 0.15) is 25.5 Å². The Hall–Kier alpha value is -1.57. The van der Waals surface area contributed by atoms with Gasteiger partial charge in [-0.25, -0.2) is 0 Å². The zero-order chi connectivity index (χ0) is 10.6. The zero-order valence-corrected chi connectivity index (χ0v) is 8.58. The van der Waals surface area contributed by atoms with Crippen LogP contribution < -0.4 is 5.32 Å². The van der Waals surface area contributed by atoms with Crippen molar-refractivity contribution in [2.75, 3.05) is 0 Å². The Bertz CT molecular complexity index is 329. The number of rotatable bonds is 3. The molecule has 1 unspecified atom stereocenters. The van der Waals surface area contributed by atoms with Crippen LogP contribution in [0.2, 0.25) is 0 Å². The molecule has 0 radical (unpaired) electrons. The summed E-state index contributed by atoms with van der Waals surface area (Å²) in [6.45, 7) is 7.25. The number of carbonyl (C=O) groups is 1. The van der Waals surface area contributed by atoms with Crippen molar-refractivity contribution in [3.63, 3.8) is 0 Å². The highest BCUT2D eigenvalue weighted by atomic mass is 16.1. The lowest BCUT2D eigenvalue weighted by Gasteiger charge is -2.13. The first-order valence-corrected chi connectivity index (χ1v) is 4.62. The predicted molar refractivity (Wildman–Crippen MR) is 57.8 cm³/mol. The summed E-state index contributed by atoms with van der Waals surface area (Å²) in [4.78, 5) is 11.3. The minimum atomic E-state index is -0.0960. The highest BCUT2D eigenvalue weighted by Crippen LogP contribution is 2.11. The van der Waals surface area contributed by atoms with Crippen LogP contribution in [0, 0.1) is 0 Å². The SMILES string of the molecule is C=C(C)C(=O)NC(C)c1ccccc1.